The van der Waals surface area contributed by atoms with Crippen molar-refractivity contribution in [1.82, 2.24) is 15.1 Å². The van der Waals surface area contributed by atoms with Gasteiger partial charge in [0, 0.05) is 13.2 Å². The van der Waals surface area contributed by atoms with Gasteiger partial charge in [-0.15, -0.1) is 0 Å². The summed E-state index contributed by atoms with van der Waals surface area (Å²) in [5, 5.41) is 7.59. The second-order valence-corrected chi connectivity index (χ2v) is 2.75. The molecule has 0 fully saturated rings. The van der Waals surface area contributed by atoms with E-state index in [1.54, 1.807) is 26.2 Å². The predicted molar refractivity (Wildman–Crippen MR) is 52.0 cm³/mol. The van der Waals surface area contributed by atoms with Crippen molar-refractivity contribution in [3.05, 3.63) is 24.0 Å². The molecule has 0 saturated carbocycles. The lowest BCUT2D eigenvalue weighted by Crippen LogP contribution is -2.25. The maximum Gasteiger partial charge on any atom is 0.298 e. The summed E-state index contributed by atoms with van der Waals surface area (Å²) in [5.74, 6) is 4.80. The summed E-state index contributed by atoms with van der Waals surface area (Å²) in [6.07, 6.45) is 1.59. The van der Waals surface area contributed by atoms with Crippen LogP contribution >= 0.6 is 0 Å². The molecule has 0 aliphatic rings. The molecule has 0 bridgehead atoms. The lowest BCUT2D eigenvalue weighted by Gasteiger charge is -2.11. The van der Waals surface area contributed by atoms with E-state index in [1.165, 1.54) is 4.90 Å². The normalized spacial score (nSPS) is 8.71. The lowest BCUT2D eigenvalue weighted by atomic mass is 10.3. The first-order valence-electron chi connectivity index (χ1n) is 4.18. The molecule has 1 heterocycles. The molecular formula is C10H11N3O. The summed E-state index contributed by atoms with van der Waals surface area (Å²) in [6, 6.07) is 3.60. The molecule has 1 rings (SSSR count). The highest BCUT2D eigenvalue weighted by molar-refractivity contribution is 5.93. The highest BCUT2D eigenvalue weighted by Gasteiger charge is 2.06. The van der Waals surface area contributed by atoms with Gasteiger partial charge in [-0.2, -0.15) is 10.2 Å². The molecule has 1 aromatic heterocycles. The molecule has 0 aromatic carbocycles. The Morgan fingerprint density at radius 1 is 1.64 bits per heavy atom. The fraction of sp³-hybridized carbons (Fsp3) is 0.300. The van der Waals surface area contributed by atoms with Crippen molar-refractivity contribution in [3.8, 4) is 11.8 Å². The van der Waals surface area contributed by atoms with Gasteiger partial charge in [0.1, 0.15) is 0 Å². The van der Waals surface area contributed by atoms with Gasteiger partial charge in [-0.3, -0.25) is 4.79 Å². The molecule has 4 nitrogen and oxygen atoms in total. The first-order chi connectivity index (χ1) is 6.74. The highest BCUT2D eigenvalue weighted by atomic mass is 16.2. The van der Waals surface area contributed by atoms with E-state index in [1.807, 2.05) is 6.07 Å². The molecule has 0 aliphatic heterocycles. The van der Waals surface area contributed by atoms with Crippen LogP contribution in [0.2, 0.25) is 0 Å². The molecular weight excluding hydrogens is 178 g/mol. The van der Waals surface area contributed by atoms with E-state index in [2.05, 4.69) is 22.0 Å². The predicted octanol–water partition coefficient (Wildman–Crippen LogP) is 0.458. The summed E-state index contributed by atoms with van der Waals surface area (Å²) in [7, 11) is 1.68. The van der Waals surface area contributed by atoms with Gasteiger partial charge < -0.3 is 4.90 Å². The lowest BCUT2D eigenvalue weighted by molar-refractivity contribution is -0.124. The number of amides is 1. The largest absolute Gasteiger partial charge is 0.329 e. The fourth-order valence-electron chi connectivity index (χ4n) is 0.935. The van der Waals surface area contributed by atoms with Crippen molar-refractivity contribution in [2.45, 2.75) is 13.5 Å². The molecule has 1 aromatic rings. The quantitative estimate of drug-likeness (QED) is 0.635. The number of carbonyl (C=O) groups is 1. The SMILES string of the molecule is CC#CC(=O)N(C)Cc1cccnn1. The standard InChI is InChI=1S/C10H11N3O/c1-3-5-10(14)13(2)8-9-6-4-7-11-12-9/h4,6-7H,8H2,1-2H3. The third-order valence-electron chi connectivity index (χ3n) is 1.61. The average molecular weight is 189 g/mol. The first-order valence-corrected chi connectivity index (χ1v) is 4.18. The van der Waals surface area contributed by atoms with Crippen LogP contribution in [0.4, 0.5) is 0 Å². The van der Waals surface area contributed by atoms with Crippen LogP contribution in [0.15, 0.2) is 18.3 Å². The van der Waals surface area contributed by atoms with E-state index < -0.39 is 0 Å². The Morgan fingerprint density at radius 2 is 2.43 bits per heavy atom. The van der Waals surface area contributed by atoms with Crippen molar-refractivity contribution in [2.75, 3.05) is 7.05 Å². The molecule has 0 saturated heterocycles. The Balaban J connectivity index is 2.60. The second-order valence-electron chi connectivity index (χ2n) is 2.75. The topological polar surface area (TPSA) is 46.1 Å². The second kappa shape index (κ2) is 4.97. The molecule has 0 N–H and O–H groups in total. The molecule has 0 atom stereocenters. The first kappa shape index (κ1) is 10.2. The minimum atomic E-state index is -0.210. The van der Waals surface area contributed by atoms with Crippen molar-refractivity contribution in [3.63, 3.8) is 0 Å². The van der Waals surface area contributed by atoms with Gasteiger partial charge in [-0.1, -0.05) is 5.92 Å². The molecule has 1 amide bonds. The molecule has 0 aliphatic carbocycles. The van der Waals surface area contributed by atoms with Crippen molar-refractivity contribution >= 4 is 5.91 Å². The van der Waals surface area contributed by atoms with Crippen molar-refractivity contribution in [2.24, 2.45) is 0 Å². The smallest absolute Gasteiger partial charge is 0.298 e. The zero-order valence-electron chi connectivity index (χ0n) is 8.19. The summed E-state index contributed by atoms with van der Waals surface area (Å²) in [6.45, 7) is 2.06. The fourth-order valence-corrected chi connectivity index (χ4v) is 0.935. The summed E-state index contributed by atoms with van der Waals surface area (Å²) in [5.41, 5.74) is 0.751. The summed E-state index contributed by atoms with van der Waals surface area (Å²) in [4.78, 5) is 12.8. The molecule has 4 heteroatoms. The van der Waals surface area contributed by atoms with E-state index in [-0.39, 0.29) is 5.91 Å². The van der Waals surface area contributed by atoms with Gasteiger partial charge in [0.25, 0.3) is 5.91 Å². The Hall–Kier alpha value is -1.89. The monoisotopic (exact) mass is 189 g/mol. The third kappa shape index (κ3) is 2.87. The molecule has 0 spiro atoms. The minimum Gasteiger partial charge on any atom is -0.329 e. The van der Waals surface area contributed by atoms with Crippen LogP contribution in [0.1, 0.15) is 12.6 Å². The maximum absolute atomic E-state index is 11.3. The number of hydrogen-bond acceptors (Lipinski definition) is 3. The van der Waals surface area contributed by atoms with Crippen molar-refractivity contribution < 1.29 is 4.79 Å². The number of aromatic nitrogens is 2. The maximum atomic E-state index is 11.3. The molecule has 0 radical (unpaired) electrons. The van der Waals surface area contributed by atoms with Crippen LogP contribution in [-0.4, -0.2) is 28.1 Å². The number of nitrogens with zero attached hydrogens (tertiary/aromatic N) is 3. The molecule has 14 heavy (non-hydrogen) atoms. The average Bonchev–Trinajstić information content (AvgIpc) is 2.19. The van der Waals surface area contributed by atoms with Gasteiger partial charge in [-0.25, -0.2) is 0 Å². The molecule has 0 unspecified atom stereocenters. The van der Waals surface area contributed by atoms with Gasteiger partial charge in [0.2, 0.25) is 0 Å². The van der Waals surface area contributed by atoms with E-state index in [0.29, 0.717) is 6.54 Å². The highest BCUT2D eigenvalue weighted by Crippen LogP contribution is 1.96. The van der Waals surface area contributed by atoms with E-state index in [4.69, 9.17) is 0 Å². The number of hydrogen-bond donors (Lipinski definition) is 0. The van der Waals surface area contributed by atoms with E-state index >= 15 is 0 Å². The third-order valence-corrected chi connectivity index (χ3v) is 1.61. The van der Waals surface area contributed by atoms with Crippen LogP contribution in [-0.2, 0) is 11.3 Å². The summed E-state index contributed by atoms with van der Waals surface area (Å²) < 4.78 is 0. The van der Waals surface area contributed by atoms with Gasteiger partial charge >= 0.3 is 0 Å². The minimum absolute atomic E-state index is 0.210. The van der Waals surface area contributed by atoms with Crippen LogP contribution in [0.5, 0.6) is 0 Å². The zero-order valence-corrected chi connectivity index (χ0v) is 8.19. The van der Waals surface area contributed by atoms with Crippen molar-refractivity contribution in [1.29, 1.82) is 0 Å². The Labute approximate surface area is 82.9 Å². The Bertz CT molecular complexity index is 364. The zero-order chi connectivity index (χ0) is 10.4. The number of carbonyl (C=O) groups excluding carboxylic acids is 1. The van der Waals surface area contributed by atoms with Gasteiger partial charge in [-0.05, 0) is 25.0 Å². The van der Waals surface area contributed by atoms with Crippen LogP contribution in [0, 0.1) is 11.8 Å². The number of rotatable bonds is 2. The summed E-state index contributed by atoms with van der Waals surface area (Å²) >= 11 is 0. The van der Waals surface area contributed by atoms with E-state index in [9.17, 15) is 4.79 Å². The van der Waals surface area contributed by atoms with E-state index in [0.717, 1.165) is 5.69 Å². The molecule has 72 valence electrons. The van der Waals surface area contributed by atoms with Crippen LogP contribution in [0.3, 0.4) is 0 Å². The van der Waals surface area contributed by atoms with Gasteiger partial charge in [0.05, 0.1) is 12.2 Å². The Kier molecular flexibility index (Phi) is 3.62. The van der Waals surface area contributed by atoms with Crippen LogP contribution in [0.25, 0.3) is 0 Å². The Morgan fingerprint density at radius 3 is 3.00 bits per heavy atom. The van der Waals surface area contributed by atoms with Gasteiger partial charge in [0.15, 0.2) is 0 Å². The van der Waals surface area contributed by atoms with Crippen LogP contribution < -0.4 is 0 Å².